The zero-order valence-corrected chi connectivity index (χ0v) is 9.26. The van der Waals surface area contributed by atoms with Crippen molar-refractivity contribution in [2.75, 3.05) is 0 Å². The first-order valence-electron chi connectivity index (χ1n) is 4.02. The lowest BCUT2D eigenvalue weighted by Gasteiger charge is -2.12. The molecule has 0 bridgehead atoms. The predicted molar refractivity (Wildman–Crippen MR) is 51.5 cm³/mol. The van der Waals surface area contributed by atoms with Crippen LogP contribution in [0.25, 0.3) is 0 Å². The third-order valence-electron chi connectivity index (χ3n) is 1.61. The summed E-state index contributed by atoms with van der Waals surface area (Å²) in [6.07, 6.45) is -5.57. The summed E-state index contributed by atoms with van der Waals surface area (Å²) in [5, 5.41) is 9.21. The normalized spacial score (nSPS) is 13.7. The van der Waals surface area contributed by atoms with Crippen LogP contribution in [0.5, 0.6) is 5.75 Å². The quantitative estimate of drug-likeness (QED) is 0.902. The van der Waals surface area contributed by atoms with Crippen molar-refractivity contribution >= 4 is 15.9 Å². The number of halogens is 4. The fourth-order valence-corrected chi connectivity index (χ4v) is 1.51. The Bertz CT molecular complexity index is 350. The maximum atomic E-state index is 11.9. The average molecular weight is 285 g/mol. The fraction of sp³-hybridized carbons (Fsp3) is 0.333. The first kappa shape index (κ1) is 12.3. The SMILES string of the molecule is CC(O)c1cc(Br)cc(OC(F)(F)F)c1. The summed E-state index contributed by atoms with van der Waals surface area (Å²) < 4.78 is 39.9. The van der Waals surface area contributed by atoms with Crippen molar-refractivity contribution in [2.45, 2.75) is 19.4 Å². The number of hydrogen-bond acceptors (Lipinski definition) is 2. The fourth-order valence-electron chi connectivity index (χ4n) is 1.02. The van der Waals surface area contributed by atoms with Gasteiger partial charge in [0, 0.05) is 4.47 Å². The van der Waals surface area contributed by atoms with Gasteiger partial charge in [-0.3, -0.25) is 0 Å². The first-order valence-corrected chi connectivity index (χ1v) is 4.81. The highest BCUT2D eigenvalue weighted by Gasteiger charge is 2.31. The van der Waals surface area contributed by atoms with E-state index in [1.807, 2.05) is 0 Å². The molecule has 0 radical (unpaired) electrons. The van der Waals surface area contributed by atoms with Crippen molar-refractivity contribution in [2.24, 2.45) is 0 Å². The Morgan fingerprint density at radius 2 is 1.93 bits per heavy atom. The molecule has 6 heteroatoms. The van der Waals surface area contributed by atoms with E-state index in [4.69, 9.17) is 0 Å². The zero-order valence-electron chi connectivity index (χ0n) is 7.68. The molecule has 1 unspecified atom stereocenters. The molecule has 0 amide bonds. The van der Waals surface area contributed by atoms with E-state index in [2.05, 4.69) is 20.7 Å². The van der Waals surface area contributed by atoms with E-state index >= 15 is 0 Å². The lowest BCUT2D eigenvalue weighted by molar-refractivity contribution is -0.274. The van der Waals surface area contributed by atoms with Gasteiger partial charge in [0.15, 0.2) is 0 Å². The van der Waals surface area contributed by atoms with Gasteiger partial charge in [0.05, 0.1) is 6.10 Å². The highest BCUT2D eigenvalue weighted by Crippen LogP contribution is 2.29. The van der Waals surface area contributed by atoms with Crippen molar-refractivity contribution < 1.29 is 23.0 Å². The van der Waals surface area contributed by atoms with Gasteiger partial charge in [0.25, 0.3) is 0 Å². The van der Waals surface area contributed by atoms with Gasteiger partial charge < -0.3 is 9.84 Å². The molecule has 1 aromatic carbocycles. The molecular weight excluding hydrogens is 277 g/mol. The third kappa shape index (κ3) is 4.09. The minimum absolute atomic E-state index is 0.351. The Morgan fingerprint density at radius 1 is 1.33 bits per heavy atom. The van der Waals surface area contributed by atoms with Crippen LogP contribution in [0.4, 0.5) is 13.2 Å². The number of hydrogen-bond donors (Lipinski definition) is 1. The van der Waals surface area contributed by atoms with E-state index in [9.17, 15) is 18.3 Å². The van der Waals surface area contributed by atoms with E-state index in [-0.39, 0.29) is 5.75 Å². The second-order valence-electron chi connectivity index (χ2n) is 2.94. The summed E-state index contributed by atoms with van der Waals surface area (Å²) in [6.45, 7) is 1.46. The molecule has 2 nitrogen and oxygen atoms in total. The van der Waals surface area contributed by atoms with Crippen molar-refractivity contribution in [1.29, 1.82) is 0 Å². The number of aliphatic hydroxyl groups is 1. The molecule has 0 spiro atoms. The Kier molecular flexibility index (Phi) is 3.62. The largest absolute Gasteiger partial charge is 0.573 e. The molecule has 0 saturated carbocycles. The molecule has 0 saturated heterocycles. The highest BCUT2D eigenvalue weighted by atomic mass is 79.9. The van der Waals surface area contributed by atoms with Gasteiger partial charge in [0.2, 0.25) is 0 Å². The summed E-state index contributed by atoms with van der Waals surface area (Å²) in [7, 11) is 0. The van der Waals surface area contributed by atoms with Crippen LogP contribution in [0.15, 0.2) is 22.7 Å². The molecule has 0 heterocycles. The smallest absolute Gasteiger partial charge is 0.406 e. The second-order valence-corrected chi connectivity index (χ2v) is 3.86. The first-order chi connectivity index (χ1) is 6.78. The van der Waals surface area contributed by atoms with Crippen LogP contribution >= 0.6 is 15.9 Å². The molecule has 15 heavy (non-hydrogen) atoms. The third-order valence-corrected chi connectivity index (χ3v) is 2.07. The van der Waals surface area contributed by atoms with E-state index in [1.165, 1.54) is 19.1 Å². The number of ether oxygens (including phenoxy) is 1. The number of benzene rings is 1. The van der Waals surface area contributed by atoms with Gasteiger partial charge in [-0.25, -0.2) is 0 Å². The summed E-state index contributed by atoms with van der Waals surface area (Å²) >= 11 is 3.03. The van der Waals surface area contributed by atoms with Crippen LogP contribution in [-0.4, -0.2) is 11.5 Å². The Hall–Kier alpha value is -0.750. The number of alkyl halides is 3. The maximum Gasteiger partial charge on any atom is 0.573 e. The summed E-state index contributed by atoms with van der Waals surface area (Å²) in [6, 6.07) is 3.84. The molecule has 0 aliphatic heterocycles. The van der Waals surface area contributed by atoms with Gasteiger partial charge in [-0.15, -0.1) is 13.2 Å². The van der Waals surface area contributed by atoms with E-state index in [0.717, 1.165) is 6.07 Å². The summed E-state index contributed by atoms with van der Waals surface area (Å²) in [5.41, 5.74) is 0.351. The van der Waals surface area contributed by atoms with Gasteiger partial charge in [-0.1, -0.05) is 15.9 Å². The minimum atomic E-state index is -4.73. The standard InChI is InChI=1S/C9H8BrF3O2/c1-5(14)6-2-7(10)4-8(3-6)15-9(11,12)13/h2-5,14H,1H3. The van der Waals surface area contributed by atoms with E-state index in [0.29, 0.717) is 10.0 Å². The molecule has 0 fully saturated rings. The van der Waals surface area contributed by atoms with Crippen LogP contribution < -0.4 is 4.74 Å². The maximum absolute atomic E-state index is 11.9. The van der Waals surface area contributed by atoms with Crippen molar-refractivity contribution in [1.82, 2.24) is 0 Å². The molecule has 1 N–H and O–H groups in total. The molecule has 1 aromatic rings. The topological polar surface area (TPSA) is 29.5 Å². The second kappa shape index (κ2) is 4.40. The van der Waals surface area contributed by atoms with Gasteiger partial charge >= 0.3 is 6.36 Å². The molecular formula is C9H8BrF3O2. The highest BCUT2D eigenvalue weighted by molar-refractivity contribution is 9.10. The van der Waals surface area contributed by atoms with Crippen LogP contribution in [-0.2, 0) is 0 Å². The summed E-state index contributed by atoms with van der Waals surface area (Å²) in [4.78, 5) is 0. The average Bonchev–Trinajstić information content (AvgIpc) is 1.99. The molecule has 0 aromatic heterocycles. The van der Waals surface area contributed by atoms with Crippen LogP contribution in [0.2, 0.25) is 0 Å². The van der Waals surface area contributed by atoms with Gasteiger partial charge in [0.1, 0.15) is 5.75 Å². The van der Waals surface area contributed by atoms with Gasteiger partial charge in [-0.2, -0.15) is 0 Å². The van der Waals surface area contributed by atoms with Gasteiger partial charge in [-0.05, 0) is 30.7 Å². The molecule has 0 aliphatic carbocycles. The van der Waals surface area contributed by atoms with Crippen molar-refractivity contribution in [3.05, 3.63) is 28.2 Å². The van der Waals surface area contributed by atoms with Crippen LogP contribution in [0.3, 0.4) is 0 Å². The Morgan fingerprint density at radius 3 is 2.40 bits per heavy atom. The Balaban J connectivity index is 2.99. The molecule has 1 atom stereocenters. The van der Waals surface area contributed by atoms with Crippen molar-refractivity contribution in [3.63, 3.8) is 0 Å². The number of aliphatic hydroxyl groups excluding tert-OH is 1. The molecule has 84 valence electrons. The van der Waals surface area contributed by atoms with E-state index in [1.54, 1.807) is 0 Å². The summed E-state index contributed by atoms with van der Waals surface area (Å²) in [5.74, 6) is -0.354. The monoisotopic (exact) mass is 284 g/mol. The lowest BCUT2D eigenvalue weighted by Crippen LogP contribution is -2.17. The zero-order chi connectivity index (χ0) is 11.6. The van der Waals surface area contributed by atoms with Crippen LogP contribution in [0.1, 0.15) is 18.6 Å². The minimum Gasteiger partial charge on any atom is -0.406 e. The van der Waals surface area contributed by atoms with Crippen LogP contribution in [0, 0.1) is 0 Å². The number of rotatable bonds is 2. The molecule has 0 aliphatic rings. The molecule has 1 rings (SSSR count). The Labute approximate surface area is 92.8 Å². The lowest BCUT2D eigenvalue weighted by atomic mass is 10.1. The van der Waals surface area contributed by atoms with Crippen molar-refractivity contribution in [3.8, 4) is 5.75 Å². The predicted octanol–water partition coefficient (Wildman–Crippen LogP) is 3.40. The van der Waals surface area contributed by atoms with E-state index < -0.39 is 12.5 Å².